The van der Waals surface area contributed by atoms with Gasteiger partial charge in [-0.1, -0.05) is 0 Å². The summed E-state index contributed by atoms with van der Waals surface area (Å²) in [5.41, 5.74) is 4.80. The van der Waals surface area contributed by atoms with Crippen LogP contribution in [0, 0.1) is 6.92 Å². The molecule has 122 valence electrons. The fourth-order valence-electron chi connectivity index (χ4n) is 3.51. The summed E-state index contributed by atoms with van der Waals surface area (Å²) < 4.78 is 2.09. The van der Waals surface area contributed by atoms with Crippen molar-refractivity contribution < 1.29 is 0 Å². The zero-order valence-corrected chi connectivity index (χ0v) is 13.8. The van der Waals surface area contributed by atoms with Gasteiger partial charge in [0.2, 0.25) is 5.78 Å². The number of nitrogens with zero attached hydrogens (tertiary/aromatic N) is 6. The summed E-state index contributed by atoms with van der Waals surface area (Å²) >= 11 is 0. The van der Waals surface area contributed by atoms with E-state index in [0.717, 1.165) is 43.4 Å². The van der Waals surface area contributed by atoms with Gasteiger partial charge >= 0.3 is 0 Å². The maximum atomic E-state index is 4.81. The normalized spacial score (nSPS) is 18.0. The molecule has 0 radical (unpaired) electrons. The molecule has 6 nitrogen and oxygen atoms in total. The van der Waals surface area contributed by atoms with Crippen LogP contribution in [0.4, 0.5) is 0 Å². The lowest BCUT2D eigenvalue weighted by atomic mass is 10.1. The van der Waals surface area contributed by atoms with Crippen molar-refractivity contribution in [2.45, 2.75) is 45.2 Å². The van der Waals surface area contributed by atoms with Crippen LogP contribution < -0.4 is 0 Å². The van der Waals surface area contributed by atoms with Crippen molar-refractivity contribution in [1.82, 2.24) is 29.2 Å². The summed E-state index contributed by atoms with van der Waals surface area (Å²) in [6, 6.07) is 1.95. The highest BCUT2D eigenvalue weighted by molar-refractivity contribution is 5.35. The van der Waals surface area contributed by atoms with Crippen molar-refractivity contribution in [2.75, 3.05) is 6.54 Å². The van der Waals surface area contributed by atoms with E-state index in [1.54, 1.807) is 6.20 Å². The Morgan fingerprint density at radius 3 is 3.00 bits per heavy atom. The molecule has 2 aliphatic rings. The third-order valence-corrected chi connectivity index (χ3v) is 5.05. The Balaban J connectivity index is 1.39. The fraction of sp³-hybridized carbons (Fsp3) is 0.444. The maximum absolute atomic E-state index is 4.81. The third kappa shape index (κ3) is 2.38. The van der Waals surface area contributed by atoms with Crippen molar-refractivity contribution in [3.63, 3.8) is 0 Å². The Kier molecular flexibility index (Phi) is 3.13. The van der Waals surface area contributed by atoms with Gasteiger partial charge in [0.15, 0.2) is 0 Å². The van der Waals surface area contributed by atoms with Crippen molar-refractivity contribution >= 4 is 5.78 Å². The van der Waals surface area contributed by atoms with Crippen molar-refractivity contribution in [3.05, 3.63) is 53.1 Å². The summed E-state index contributed by atoms with van der Waals surface area (Å²) in [4.78, 5) is 20.7. The number of rotatable bonds is 3. The van der Waals surface area contributed by atoms with Gasteiger partial charge in [-0.25, -0.2) is 19.9 Å². The first kappa shape index (κ1) is 14.0. The number of hydrogen-bond acceptors (Lipinski definition) is 5. The minimum absolute atomic E-state index is 0.627. The topological polar surface area (TPSA) is 59.2 Å². The van der Waals surface area contributed by atoms with Crippen LogP contribution in [-0.4, -0.2) is 35.8 Å². The molecule has 0 amide bonds. The zero-order valence-electron chi connectivity index (χ0n) is 13.8. The molecule has 1 aliphatic heterocycles. The van der Waals surface area contributed by atoms with E-state index in [9.17, 15) is 0 Å². The Morgan fingerprint density at radius 1 is 1.21 bits per heavy atom. The van der Waals surface area contributed by atoms with E-state index in [4.69, 9.17) is 4.98 Å². The molecule has 1 fully saturated rings. The van der Waals surface area contributed by atoms with Gasteiger partial charge in [-0.3, -0.25) is 9.30 Å². The maximum Gasteiger partial charge on any atom is 0.234 e. The average Bonchev–Trinajstić information content (AvgIpc) is 3.40. The van der Waals surface area contributed by atoms with Crippen LogP contribution >= 0.6 is 0 Å². The van der Waals surface area contributed by atoms with E-state index in [1.807, 2.05) is 18.5 Å². The molecule has 0 saturated heterocycles. The molecule has 6 heteroatoms. The monoisotopic (exact) mass is 320 g/mol. The lowest BCUT2D eigenvalue weighted by Crippen LogP contribution is -2.31. The quantitative estimate of drug-likeness (QED) is 0.741. The minimum atomic E-state index is 0.627. The second-order valence-electron chi connectivity index (χ2n) is 6.87. The predicted octanol–water partition coefficient (Wildman–Crippen LogP) is 2.26. The van der Waals surface area contributed by atoms with Crippen molar-refractivity contribution in [1.29, 1.82) is 0 Å². The Hall–Kier alpha value is -2.34. The summed E-state index contributed by atoms with van der Waals surface area (Å²) in [7, 11) is 0. The van der Waals surface area contributed by atoms with Gasteiger partial charge in [0, 0.05) is 61.8 Å². The Bertz CT molecular complexity index is 911. The molecule has 3 aromatic rings. The standard InChI is InChI=1S/C18H20N6/c1-12-16(24-7-2-6-19-18(24)21-12)11-23-8-5-15-14(10-23)9-20-17(22-15)13-3-4-13/h2,6-7,9,13H,3-5,8,10-11H2,1H3. The van der Waals surface area contributed by atoms with Crippen molar-refractivity contribution in [2.24, 2.45) is 0 Å². The molecule has 4 heterocycles. The highest BCUT2D eigenvalue weighted by Crippen LogP contribution is 2.38. The number of aromatic nitrogens is 5. The summed E-state index contributed by atoms with van der Waals surface area (Å²) in [5, 5.41) is 0. The molecule has 1 aliphatic carbocycles. The highest BCUT2D eigenvalue weighted by atomic mass is 15.2. The van der Waals surface area contributed by atoms with Gasteiger partial charge in [-0.15, -0.1) is 0 Å². The predicted molar refractivity (Wildman–Crippen MR) is 89.5 cm³/mol. The molecule has 1 saturated carbocycles. The molecule has 0 spiro atoms. The number of aryl methyl sites for hydroxylation is 1. The fourth-order valence-corrected chi connectivity index (χ4v) is 3.51. The van der Waals surface area contributed by atoms with Crippen LogP contribution in [-0.2, 0) is 19.5 Å². The zero-order chi connectivity index (χ0) is 16.1. The summed E-state index contributed by atoms with van der Waals surface area (Å²) in [6.45, 7) is 4.88. The molecule has 0 atom stereocenters. The lowest BCUT2D eigenvalue weighted by molar-refractivity contribution is 0.238. The third-order valence-electron chi connectivity index (χ3n) is 5.05. The van der Waals surface area contributed by atoms with Crippen LogP contribution in [0.1, 0.15) is 47.2 Å². The largest absolute Gasteiger partial charge is 0.293 e. The Morgan fingerprint density at radius 2 is 2.12 bits per heavy atom. The summed E-state index contributed by atoms with van der Waals surface area (Å²) in [5.74, 6) is 2.47. The average molecular weight is 320 g/mol. The van der Waals surface area contributed by atoms with Crippen LogP contribution in [0.25, 0.3) is 5.78 Å². The second kappa shape index (κ2) is 5.34. The van der Waals surface area contributed by atoms with E-state index in [0.29, 0.717) is 5.92 Å². The second-order valence-corrected chi connectivity index (χ2v) is 6.87. The molecular formula is C18H20N6. The van der Waals surface area contributed by atoms with Gasteiger partial charge in [-0.2, -0.15) is 0 Å². The van der Waals surface area contributed by atoms with Crippen LogP contribution in [0.15, 0.2) is 24.7 Å². The molecule has 0 aromatic carbocycles. The van der Waals surface area contributed by atoms with Gasteiger partial charge in [0.25, 0.3) is 0 Å². The van der Waals surface area contributed by atoms with E-state index < -0.39 is 0 Å². The van der Waals surface area contributed by atoms with E-state index in [1.165, 1.54) is 29.8 Å². The molecule has 5 rings (SSSR count). The first-order chi connectivity index (χ1) is 11.8. The van der Waals surface area contributed by atoms with E-state index >= 15 is 0 Å². The van der Waals surface area contributed by atoms with Crippen LogP contribution in [0.3, 0.4) is 0 Å². The first-order valence-electron chi connectivity index (χ1n) is 8.63. The van der Waals surface area contributed by atoms with E-state index in [-0.39, 0.29) is 0 Å². The number of hydrogen-bond donors (Lipinski definition) is 0. The van der Waals surface area contributed by atoms with Gasteiger partial charge < -0.3 is 0 Å². The van der Waals surface area contributed by atoms with Crippen LogP contribution in [0.2, 0.25) is 0 Å². The number of imidazole rings is 1. The molecule has 0 N–H and O–H groups in total. The summed E-state index contributed by atoms with van der Waals surface area (Å²) in [6.07, 6.45) is 9.40. The molecular weight excluding hydrogens is 300 g/mol. The molecule has 0 bridgehead atoms. The minimum Gasteiger partial charge on any atom is -0.293 e. The smallest absolute Gasteiger partial charge is 0.234 e. The molecule has 3 aromatic heterocycles. The SMILES string of the molecule is Cc1nc2ncccn2c1CN1CCc2nc(C3CC3)ncc2C1. The highest BCUT2D eigenvalue weighted by Gasteiger charge is 2.28. The van der Waals surface area contributed by atoms with Gasteiger partial charge in [-0.05, 0) is 25.8 Å². The molecule has 24 heavy (non-hydrogen) atoms. The van der Waals surface area contributed by atoms with Gasteiger partial charge in [0.1, 0.15) is 5.82 Å². The van der Waals surface area contributed by atoms with Crippen molar-refractivity contribution in [3.8, 4) is 0 Å². The van der Waals surface area contributed by atoms with E-state index in [2.05, 4.69) is 31.2 Å². The lowest BCUT2D eigenvalue weighted by Gasteiger charge is -2.28. The molecule has 0 unspecified atom stereocenters. The Labute approximate surface area is 140 Å². The van der Waals surface area contributed by atoms with Gasteiger partial charge in [0.05, 0.1) is 11.4 Å². The van der Waals surface area contributed by atoms with Crippen LogP contribution in [0.5, 0.6) is 0 Å². The first-order valence-corrected chi connectivity index (χ1v) is 8.63. The number of fused-ring (bicyclic) bond motifs is 2.